The molecule has 1 atom stereocenters. The Labute approximate surface area is 57.3 Å². The second-order valence-corrected chi connectivity index (χ2v) is 1.74. The van der Waals surface area contributed by atoms with Gasteiger partial charge < -0.3 is 4.74 Å². The largest absolute Gasteiger partial charge is 0.352 e. The molecule has 4 heteroatoms. The zero-order valence-electron chi connectivity index (χ0n) is 4.69. The number of alkyl halides is 3. The molecule has 0 aromatic heterocycles. The SMILES string of the molecule is C=CCOC(Cl)C(F)F. The minimum atomic E-state index is -2.63. The topological polar surface area (TPSA) is 9.23 Å². The van der Waals surface area contributed by atoms with Crippen molar-refractivity contribution < 1.29 is 13.5 Å². The fraction of sp³-hybridized carbons (Fsp3) is 0.600. The molecule has 0 aromatic rings. The quantitative estimate of drug-likeness (QED) is 0.447. The molecule has 0 aliphatic heterocycles. The lowest BCUT2D eigenvalue weighted by Crippen LogP contribution is -2.14. The zero-order chi connectivity index (χ0) is 7.28. The van der Waals surface area contributed by atoms with Crippen molar-refractivity contribution in [3.63, 3.8) is 0 Å². The fourth-order valence-electron chi connectivity index (χ4n) is 0.233. The lowest BCUT2D eigenvalue weighted by molar-refractivity contribution is 0.00157. The van der Waals surface area contributed by atoms with Gasteiger partial charge in [-0.25, -0.2) is 8.78 Å². The van der Waals surface area contributed by atoms with E-state index in [9.17, 15) is 8.78 Å². The molecular weight excluding hydrogens is 150 g/mol. The molecule has 0 amide bonds. The summed E-state index contributed by atoms with van der Waals surface area (Å²) in [6.45, 7) is 3.32. The van der Waals surface area contributed by atoms with Gasteiger partial charge in [0.25, 0.3) is 6.43 Å². The Morgan fingerprint density at radius 1 is 1.67 bits per heavy atom. The summed E-state index contributed by atoms with van der Waals surface area (Å²) in [4.78, 5) is 0. The Hall–Kier alpha value is -0.150. The minimum Gasteiger partial charge on any atom is -0.352 e. The number of halogens is 3. The van der Waals surface area contributed by atoms with Crippen molar-refractivity contribution in [2.75, 3.05) is 6.61 Å². The van der Waals surface area contributed by atoms with E-state index in [1.807, 2.05) is 0 Å². The maximum Gasteiger partial charge on any atom is 0.278 e. The van der Waals surface area contributed by atoms with E-state index in [1.54, 1.807) is 0 Å². The van der Waals surface area contributed by atoms with Crippen LogP contribution in [0.4, 0.5) is 8.78 Å². The van der Waals surface area contributed by atoms with Gasteiger partial charge in [0.15, 0.2) is 5.56 Å². The van der Waals surface area contributed by atoms with Gasteiger partial charge in [-0.05, 0) is 0 Å². The predicted octanol–water partition coefficient (Wildman–Crippen LogP) is 2.02. The lowest BCUT2D eigenvalue weighted by atomic mass is 10.7. The Morgan fingerprint density at radius 3 is 2.56 bits per heavy atom. The van der Waals surface area contributed by atoms with Crippen molar-refractivity contribution >= 4 is 11.6 Å². The monoisotopic (exact) mass is 156 g/mol. The Kier molecular flexibility index (Phi) is 4.62. The molecule has 0 fully saturated rings. The maximum absolute atomic E-state index is 11.5. The molecule has 0 aliphatic carbocycles. The lowest BCUT2D eigenvalue weighted by Gasteiger charge is -2.06. The Morgan fingerprint density at radius 2 is 2.22 bits per heavy atom. The van der Waals surface area contributed by atoms with Crippen molar-refractivity contribution in [2.24, 2.45) is 0 Å². The molecule has 1 nitrogen and oxygen atoms in total. The first-order valence-corrected chi connectivity index (χ1v) is 2.77. The third kappa shape index (κ3) is 4.36. The van der Waals surface area contributed by atoms with Crippen molar-refractivity contribution in [2.45, 2.75) is 12.0 Å². The molecule has 1 unspecified atom stereocenters. The summed E-state index contributed by atoms with van der Waals surface area (Å²) in [6.07, 6.45) is -1.27. The third-order valence-corrected chi connectivity index (χ3v) is 0.888. The standard InChI is InChI=1S/C5H7ClF2O/c1-2-3-9-4(6)5(7)8/h2,4-5H,1,3H2. The van der Waals surface area contributed by atoms with Crippen LogP contribution in [-0.2, 0) is 4.74 Å². The van der Waals surface area contributed by atoms with Crippen molar-refractivity contribution in [1.29, 1.82) is 0 Å². The van der Waals surface area contributed by atoms with Crippen molar-refractivity contribution in [3.05, 3.63) is 12.7 Å². The highest BCUT2D eigenvalue weighted by Crippen LogP contribution is 2.09. The molecule has 54 valence electrons. The maximum atomic E-state index is 11.5. The summed E-state index contributed by atoms with van der Waals surface area (Å²) in [5, 5.41) is 0. The van der Waals surface area contributed by atoms with Crippen LogP contribution in [0.25, 0.3) is 0 Å². The number of rotatable bonds is 4. The molecule has 0 bridgehead atoms. The third-order valence-electron chi connectivity index (χ3n) is 0.571. The van der Waals surface area contributed by atoms with Crippen LogP contribution in [0.1, 0.15) is 0 Å². The molecule has 0 rings (SSSR count). The summed E-state index contributed by atoms with van der Waals surface area (Å²) in [5.41, 5.74) is -1.51. The van der Waals surface area contributed by atoms with Crippen molar-refractivity contribution in [1.82, 2.24) is 0 Å². The van der Waals surface area contributed by atoms with E-state index in [1.165, 1.54) is 6.08 Å². The van der Waals surface area contributed by atoms with Crippen molar-refractivity contribution in [3.8, 4) is 0 Å². The number of hydrogen-bond acceptors (Lipinski definition) is 1. The summed E-state index contributed by atoms with van der Waals surface area (Å²) in [5.74, 6) is 0. The second kappa shape index (κ2) is 4.70. The summed E-state index contributed by atoms with van der Waals surface area (Å²) >= 11 is 4.97. The van der Waals surface area contributed by atoms with E-state index in [0.717, 1.165) is 0 Å². The van der Waals surface area contributed by atoms with Crippen LogP contribution < -0.4 is 0 Å². The molecule has 0 saturated carbocycles. The molecule has 0 spiro atoms. The molecule has 0 aromatic carbocycles. The van der Waals surface area contributed by atoms with Gasteiger partial charge in [-0.3, -0.25) is 0 Å². The van der Waals surface area contributed by atoms with Gasteiger partial charge in [-0.15, -0.1) is 6.58 Å². The van der Waals surface area contributed by atoms with Crippen LogP contribution in [0.2, 0.25) is 0 Å². The van der Waals surface area contributed by atoms with Gasteiger partial charge >= 0.3 is 0 Å². The fourth-order valence-corrected chi connectivity index (χ4v) is 0.305. The Balaban J connectivity index is 3.26. The smallest absolute Gasteiger partial charge is 0.278 e. The average molecular weight is 157 g/mol. The molecular formula is C5H7ClF2O. The number of ether oxygens (including phenoxy) is 1. The summed E-state index contributed by atoms with van der Waals surface area (Å²) in [7, 11) is 0. The predicted molar refractivity (Wildman–Crippen MR) is 31.8 cm³/mol. The average Bonchev–Trinajstić information content (AvgIpc) is 1.82. The van der Waals surface area contributed by atoms with E-state index < -0.39 is 12.0 Å². The second-order valence-electron chi connectivity index (χ2n) is 1.31. The first-order chi connectivity index (χ1) is 4.18. The van der Waals surface area contributed by atoms with Gasteiger partial charge in [0.2, 0.25) is 0 Å². The molecule has 0 N–H and O–H groups in total. The summed E-state index contributed by atoms with van der Waals surface area (Å²) in [6, 6.07) is 0. The van der Waals surface area contributed by atoms with Crippen LogP contribution in [-0.4, -0.2) is 18.6 Å². The van der Waals surface area contributed by atoms with Gasteiger partial charge in [0, 0.05) is 0 Å². The minimum absolute atomic E-state index is 0.0541. The molecule has 9 heavy (non-hydrogen) atoms. The highest BCUT2D eigenvalue weighted by Gasteiger charge is 2.15. The van der Waals surface area contributed by atoms with E-state index in [4.69, 9.17) is 11.6 Å². The van der Waals surface area contributed by atoms with E-state index in [2.05, 4.69) is 11.3 Å². The number of hydrogen-bond donors (Lipinski definition) is 0. The molecule has 0 radical (unpaired) electrons. The molecule has 0 saturated heterocycles. The molecule has 0 heterocycles. The first-order valence-electron chi connectivity index (χ1n) is 2.33. The highest BCUT2D eigenvalue weighted by molar-refractivity contribution is 6.20. The van der Waals surface area contributed by atoms with Crippen LogP contribution in [0.15, 0.2) is 12.7 Å². The molecule has 0 aliphatic rings. The van der Waals surface area contributed by atoms with Gasteiger partial charge in [-0.1, -0.05) is 17.7 Å². The van der Waals surface area contributed by atoms with Crippen LogP contribution in [0.3, 0.4) is 0 Å². The Bertz CT molecular complexity index is 87.0. The summed E-state index contributed by atoms with van der Waals surface area (Å²) < 4.78 is 27.3. The van der Waals surface area contributed by atoms with Crippen LogP contribution in [0.5, 0.6) is 0 Å². The van der Waals surface area contributed by atoms with Gasteiger partial charge in [0.05, 0.1) is 6.61 Å². The van der Waals surface area contributed by atoms with Crippen LogP contribution >= 0.6 is 11.6 Å². The van der Waals surface area contributed by atoms with Gasteiger partial charge in [-0.2, -0.15) is 0 Å². The zero-order valence-corrected chi connectivity index (χ0v) is 5.44. The van der Waals surface area contributed by atoms with E-state index in [0.29, 0.717) is 0 Å². The van der Waals surface area contributed by atoms with Crippen LogP contribution in [0, 0.1) is 0 Å². The first kappa shape index (κ1) is 8.85. The van der Waals surface area contributed by atoms with E-state index in [-0.39, 0.29) is 6.61 Å². The normalized spacial score (nSPS) is 13.8. The highest BCUT2D eigenvalue weighted by atomic mass is 35.5. The van der Waals surface area contributed by atoms with E-state index >= 15 is 0 Å². The van der Waals surface area contributed by atoms with Gasteiger partial charge in [0.1, 0.15) is 0 Å².